The number of anilines is 2. The molecule has 0 aliphatic carbocycles. The van der Waals surface area contributed by atoms with Gasteiger partial charge in [-0.15, -0.1) is 5.10 Å². The number of carbonyl (C=O) groups excluding carboxylic acids is 1. The lowest BCUT2D eigenvalue weighted by molar-refractivity contribution is -0.384. The van der Waals surface area contributed by atoms with Crippen LogP contribution in [0.4, 0.5) is 17.6 Å². The molecule has 0 unspecified atom stereocenters. The van der Waals surface area contributed by atoms with E-state index in [0.717, 1.165) is 28.7 Å². The van der Waals surface area contributed by atoms with Crippen molar-refractivity contribution in [2.24, 2.45) is 0 Å². The van der Waals surface area contributed by atoms with Gasteiger partial charge < -0.3 is 10.6 Å². The maximum absolute atomic E-state index is 13.3. The standard InChI is InChI=1S/C27H28N6O3/c1-3-19-8-12-21(13-9-19)17-28-26-30-27(29-18-22-14-10-20(4-2)11-15-22)32(31-26)25(34)23-6-5-7-24(16-23)33(35)36/h5-16H,3-4,17-18H2,1-2H3,(H2,28,29,30,31). The molecule has 0 amide bonds. The number of carbonyl (C=O) groups is 1. The summed E-state index contributed by atoms with van der Waals surface area (Å²) < 4.78 is 1.14. The lowest BCUT2D eigenvalue weighted by Crippen LogP contribution is -2.18. The zero-order valence-corrected chi connectivity index (χ0v) is 20.3. The molecule has 0 aliphatic rings. The van der Waals surface area contributed by atoms with Crippen LogP contribution >= 0.6 is 0 Å². The molecule has 0 atom stereocenters. The summed E-state index contributed by atoms with van der Waals surface area (Å²) in [7, 11) is 0. The second-order valence-electron chi connectivity index (χ2n) is 8.33. The van der Waals surface area contributed by atoms with Gasteiger partial charge in [-0.2, -0.15) is 9.67 Å². The Balaban J connectivity index is 1.57. The molecule has 0 saturated carbocycles. The molecular weight excluding hydrogens is 456 g/mol. The zero-order chi connectivity index (χ0) is 25.5. The number of rotatable bonds is 10. The van der Waals surface area contributed by atoms with Gasteiger partial charge in [0.2, 0.25) is 11.9 Å². The summed E-state index contributed by atoms with van der Waals surface area (Å²) in [6, 6.07) is 22.0. The van der Waals surface area contributed by atoms with Gasteiger partial charge >= 0.3 is 0 Å². The van der Waals surface area contributed by atoms with E-state index >= 15 is 0 Å². The van der Waals surface area contributed by atoms with E-state index in [0.29, 0.717) is 13.1 Å². The van der Waals surface area contributed by atoms with E-state index in [9.17, 15) is 14.9 Å². The summed E-state index contributed by atoms with van der Waals surface area (Å²) in [5.74, 6) is 0.00228. The Kier molecular flexibility index (Phi) is 7.69. The molecule has 4 rings (SSSR count). The number of nitrogens with one attached hydrogen (secondary N) is 2. The predicted octanol–water partition coefficient (Wildman–Crippen LogP) is 5.22. The Labute approximate surface area is 209 Å². The van der Waals surface area contributed by atoms with Crippen LogP contribution in [-0.2, 0) is 25.9 Å². The third kappa shape index (κ3) is 5.93. The van der Waals surface area contributed by atoms with E-state index in [1.807, 2.05) is 24.3 Å². The summed E-state index contributed by atoms with van der Waals surface area (Å²) in [5, 5.41) is 21.9. The van der Waals surface area contributed by atoms with Gasteiger partial charge in [-0.05, 0) is 41.2 Å². The van der Waals surface area contributed by atoms with E-state index in [1.54, 1.807) is 0 Å². The number of nitrogens with zero attached hydrogens (tertiary/aromatic N) is 4. The summed E-state index contributed by atoms with van der Waals surface area (Å²) in [4.78, 5) is 28.4. The Morgan fingerprint density at radius 3 is 1.97 bits per heavy atom. The SMILES string of the molecule is CCc1ccc(CNc2nc(NCc3ccc(CC)cc3)n(C(=O)c3cccc([N+](=O)[O-])c3)n2)cc1. The average molecular weight is 485 g/mol. The summed E-state index contributed by atoms with van der Waals surface area (Å²) in [6.07, 6.45) is 1.92. The van der Waals surface area contributed by atoms with Crippen molar-refractivity contribution < 1.29 is 9.72 Å². The number of benzene rings is 3. The Morgan fingerprint density at radius 2 is 1.42 bits per heavy atom. The van der Waals surface area contributed by atoms with Crippen LogP contribution in [0.1, 0.15) is 46.5 Å². The smallest absolute Gasteiger partial charge is 0.281 e. The topological polar surface area (TPSA) is 115 Å². The maximum atomic E-state index is 13.3. The number of aryl methyl sites for hydroxylation is 2. The molecule has 0 bridgehead atoms. The quantitative estimate of drug-likeness (QED) is 0.234. The second-order valence-corrected chi connectivity index (χ2v) is 8.33. The van der Waals surface area contributed by atoms with Gasteiger partial charge in [-0.3, -0.25) is 14.9 Å². The van der Waals surface area contributed by atoms with Crippen LogP contribution in [-0.4, -0.2) is 25.6 Å². The Bertz CT molecular complexity index is 1350. The van der Waals surface area contributed by atoms with Gasteiger partial charge in [-0.25, -0.2) is 0 Å². The van der Waals surface area contributed by atoms with Gasteiger partial charge in [0, 0.05) is 30.8 Å². The van der Waals surface area contributed by atoms with Crippen LogP contribution in [0.25, 0.3) is 0 Å². The van der Waals surface area contributed by atoms with Crippen molar-refractivity contribution in [1.82, 2.24) is 14.8 Å². The van der Waals surface area contributed by atoms with E-state index < -0.39 is 10.8 Å². The molecule has 36 heavy (non-hydrogen) atoms. The van der Waals surface area contributed by atoms with Gasteiger partial charge in [0.15, 0.2) is 0 Å². The van der Waals surface area contributed by atoms with Crippen molar-refractivity contribution >= 4 is 23.5 Å². The number of nitro groups is 1. The highest BCUT2D eigenvalue weighted by Crippen LogP contribution is 2.18. The minimum atomic E-state index is -0.534. The molecule has 9 heteroatoms. The van der Waals surface area contributed by atoms with Crippen molar-refractivity contribution in [3.8, 4) is 0 Å². The van der Waals surface area contributed by atoms with Crippen LogP contribution in [0.2, 0.25) is 0 Å². The van der Waals surface area contributed by atoms with Crippen molar-refractivity contribution in [2.45, 2.75) is 39.8 Å². The number of aromatic nitrogens is 3. The molecule has 0 spiro atoms. The summed E-state index contributed by atoms with van der Waals surface area (Å²) >= 11 is 0. The molecule has 3 aromatic carbocycles. The minimum absolute atomic E-state index is 0.145. The van der Waals surface area contributed by atoms with E-state index in [4.69, 9.17) is 0 Å². The summed E-state index contributed by atoms with van der Waals surface area (Å²) in [6.45, 7) is 5.12. The normalized spacial score (nSPS) is 10.7. The van der Waals surface area contributed by atoms with Gasteiger partial charge in [0.1, 0.15) is 0 Å². The molecule has 0 saturated heterocycles. The van der Waals surface area contributed by atoms with E-state index in [-0.39, 0.29) is 23.1 Å². The van der Waals surface area contributed by atoms with Crippen LogP contribution < -0.4 is 10.6 Å². The third-order valence-electron chi connectivity index (χ3n) is 5.87. The lowest BCUT2D eigenvalue weighted by atomic mass is 10.1. The van der Waals surface area contributed by atoms with Gasteiger partial charge in [0.25, 0.3) is 11.6 Å². The monoisotopic (exact) mass is 484 g/mol. The van der Waals surface area contributed by atoms with Crippen molar-refractivity contribution in [3.63, 3.8) is 0 Å². The molecule has 0 fully saturated rings. The van der Waals surface area contributed by atoms with Crippen molar-refractivity contribution in [2.75, 3.05) is 10.6 Å². The number of hydrogen-bond donors (Lipinski definition) is 2. The molecule has 0 aliphatic heterocycles. The van der Waals surface area contributed by atoms with Crippen molar-refractivity contribution in [3.05, 3.63) is 111 Å². The van der Waals surface area contributed by atoms with E-state index in [1.165, 1.54) is 35.4 Å². The first-order chi connectivity index (χ1) is 17.5. The van der Waals surface area contributed by atoms with Crippen molar-refractivity contribution in [1.29, 1.82) is 0 Å². The molecule has 2 N–H and O–H groups in total. The molecular formula is C27H28N6O3. The molecule has 0 radical (unpaired) electrons. The molecule has 184 valence electrons. The fourth-order valence-corrected chi connectivity index (χ4v) is 3.67. The Morgan fingerprint density at radius 1 is 0.861 bits per heavy atom. The van der Waals surface area contributed by atoms with Gasteiger partial charge in [0.05, 0.1) is 4.92 Å². The molecule has 4 aromatic rings. The molecule has 9 nitrogen and oxygen atoms in total. The van der Waals surface area contributed by atoms with Crippen LogP contribution in [0, 0.1) is 10.1 Å². The highest BCUT2D eigenvalue weighted by Gasteiger charge is 2.20. The van der Waals surface area contributed by atoms with Crippen LogP contribution in [0.15, 0.2) is 72.8 Å². The third-order valence-corrected chi connectivity index (χ3v) is 5.87. The minimum Gasteiger partial charge on any atom is -0.350 e. The van der Waals surface area contributed by atoms with Crippen LogP contribution in [0.3, 0.4) is 0 Å². The maximum Gasteiger partial charge on any atom is 0.281 e. The van der Waals surface area contributed by atoms with Crippen LogP contribution in [0.5, 0.6) is 0 Å². The van der Waals surface area contributed by atoms with Gasteiger partial charge in [-0.1, -0.05) is 68.4 Å². The number of nitro benzene ring substituents is 1. The predicted molar refractivity (Wildman–Crippen MR) is 139 cm³/mol. The Hall–Kier alpha value is -4.53. The fourth-order valence-electron chi connectivity index (χ4n) is 3.67. The zero-order valence-electron chi connectivity index (χ0n) is 20.3. The average Bonchev–Trinajstić information content (AvgIpc) is 3.34. The largest absolute Gasteiger partial charge is 0.350 e. The first-order valence-corrected chi connectivity index (χ1v) is 11.9. The highest BCUT2D eigenvalue weighted by atomic mass is 16.6. The second kappa shape index (κ2) is 11.3. The molecule has 1 heterocycles. The number of non-ortho nitro benzene ring substituents is 1. The van der Waals surface area contributed by atoms with E-state index in [2.05, 4.69) is 58.8 Å². The highest BCUT2D eigenvalue weighted by molar-refractivity contribution is 5.97. The first-order valence-electron chi connectivity index (χ1n) is 11.9. The lowest BCUT2D eigenvalue weighted by Gasteiger charge is -2.08. The first kappa shape index (κ1) is 24.6. The summed E-state index contributed by atoms with van der Waals surface area (Å²) in [5.41, 5.74) is 4.55. The molecule has 1 aromatic heterocycles. The fraction of sp³-hybridized carbons (Fsp3) is 0.222. The number of hydrogen-bond acceptors (Lipinski definition) is 7.